The van der Waals surface area contributed by atoms with Gasteiger partial charge in [0, 0.05) is 37.4 Å². The zero-order valence-corrected chi connectivity index (χ0v) is 14.5. The maximum absolute atomic E-state index is 13.2. The molecule has 0 aromatic heterocycles. The lowest BCUT2D eigenvalue weighted by Gasteiger charge is -2.41. The Morgan fingerprint density at radius 1 is 1.22 bits per heavy atom. The van der Waals surface area contributed by atoms with E-state index in [1.165, 1.54) is 6.08 Å². The Morgan fingerprint density at radius 2 is 1.70 bits per heavy atom. The second kappa shape index (κ2) is 6.55. The van der Waals surface area contributed by atoms with Crippen LogP contribution in [-0.2, 0) is 4.79 Å². The molecule has 0 atom stereocenters. The fourth-order valence-electron chi connectivity index (χ4n) is 2.20. The zero-order chi connectivity index (χ0) is 18.1. The Labute approximate surface area is 136 Å². The molecule has 1 aliphatic rings. The van der Waals surface area contributed by atoms with Gasteiger partial charge in [-0.05, 0) is 13.8 Å². The average molecular weight is 331 g/mol. The van der Waals surface area contributed by atoms with Gasteiger partial charge < -0.3 is 10.4 Å². The predicted molar refractivity (Wildman–Crippen MR) is 85.9 cm³/mol. The van der Waals surface area contributed by atoms with E-state index in [-0.39, 0.29) is 37.5 Å². The molecule has 0 aromatic rings. The van der Waals surface area contributed by atoms with E-state index in [1.807, 2.05) is 0 Å². The quantitative estimate of drug-likeness (QED) is 0.422. The van der Waals surface area contributed by atoms with Gasteiger partial charge in [-0.1, -0.05) is 20.8 Å². The number of carbonyl (C=O) groups excluding carboxylic acids is 1. The standard InChI is InChI=1S/C16H27F2N3O2/c1-14(2,3)11(22)10-12(19)20-13(23)15(4,5)21-8-6-16(17,18)7-9-21/h10,22H,6-9H2,1-5H3,(H2,19,20,23)/b11-10-. The third-order valence-electron chi connectivity index (χ3n) is 4.14. The highest BCUT2D eigenvalue weighted by Gasteiger charge is 2.42. The molecule has 0 spiro atoms. The number of rotatable bonds is 3. The Morgan fingerprint density at radius 3 is 2.13 bits per heavy atom. The van der Waals surface area contributed by atoms with E-state index in [1.54, 1.807) is 39.5 Å². The molecule has 1 amide bonds. The summed E-state index contributed by atoms with van der Waals surface area (Å²) >= 11 is 0. The minimum Gasteiger partial charge on any atom is -0.512 e. The van der Waals surface area contributed by atoms with Gasteiger partial charge in [0.2, 0.25) is 5.91 Å². The molecule has 1 rings (SSSR count). The molecule has 1 heterocycles. The minimum atomic E-state index is -2.67. The number of amides is 1. The van der Waals surface area contributed by atoms with Gasteiger partial charge in [0.15, 0.2) is 0 Å². The van der Waals surface area contributed by atoms with E-state index in [0.717, 1.165) is 0 Å². The number of nitrogens with zero attached hydrogens (tertiary/aromatic N) is 1. The first-order chi connectivity index (χ1) is 10.3. The number of amidine groups is 1. The van der Waals surface area contributed by atoms with Gasteiger partial charge in [0.1, 0.15) is 11.6 Å². The highest BCUT2D eigenvalue weighted by Crippen LogP contribution is 2.31. The number of piperidine rings is 1. The Balaban J connectivity index is 2.71. The second-order valence-electron chi connectivity index (χ2n) is 7.55. The number of hydrogen-bond acceptors (Lipinski definition) is 4. The number of allylic oxidation sites excluding steroid dienone is 1. The summed E-state index contributed by atoms with van der Waals surface area (Å²) in [4.78, 5) is 14.1. The molecule has 1 saturated heterocycles. The molecule has 0 unspecified atom stereocenters. The zero-order valence-electron chi connectivity index (χ0n) is 14.5. The summed E-state index contributed by atoms with van der Waals surface area (Å²) in [5, 5.41) is 20.1. The van der Waals surface area contributed by atoms with Crippen molar-refractivity contribution in [1.82, 2.24) is 10.2 Å². The van der Waals surface area contributed by atoms with Gasteiger partial charge in [-0.2, -0.15) is 0 Å². The largest absolute Gasteiger partial charge is 0.512 e. The first-order valence-electron chi connectivity index (χ1n) is 7.70. The molecule has 132 valence electrons. The maximum Gasteiger partial charge on any atom is 0.250 e. The summed E-state index contributed by atoms with van der Waals surface area (Å²) in [6.45, 7) is 8.90. The van der Waals surface area contributed by atoms with E-state index in [2.05, 4.69) is 5.32 Å². The molecule has 0 aromatic carbocycles. The van der Waals surface area contributed by atoms with Crippen LogP contribution in [0.15, 0.2) is 11.8 Å². The molecule has 5 nitrogen and oxygen atoms in total. The first-order valence-corrected chi connectivity index (χ1v) is 7.70. The number of aliphatic hydroxyl groups is 1. The van der Waals surface area contributed by atoms with E-state index in [4.69, 9.17) is 5.41 Å². The monoisotopic (exact) mass is 331 g/mol. The molecular formula is C16H27F2N3O2. The second-order valence-corrected chi connectivity index (χ2v) is 7.55. The summed E-state index contributed by atoms with van der Waals surface area (Å²) in [6.07, 6.45) is 0.649. The Hall–Kier alpha value is -1.50. The summed E-state index contributed by atoms with van der Waals surface area (Å²) in [6, 6.07) is 0. The Bertz CT molecular complexity index is 498. The molecular weight excluding hydrogens is 304 g/mol. The van der Waals surface area contributed by atoms with Gasteiger partial charge in [0.05, 0.1) is 5.54 Å². The van der Waals surface area contributed by atoms with Crippen LogP contribution in [-0.4, -0.2) is 46.3 Å². The van der Waals surface area contributed by atoms with Crippen molar-refractivity contribution in [2.75, 3.05) is 13.1 Å². The fraction of sp³-hybridized carbons (Fsp3) is 0.750. The number of halogens is 2. The van der Waals surface area contributed by atoms with Crippen LogP contribution in [0.3, 0.4) is 0 Å². The third-order valence-corrected chi connectivity index (χ3v) is 4.14. The van der Waals surface area contributed by atoms with Crippen LogP contribution in [0, 0.1) is 10.8 Å². The van der Waals surface area contributed by atoms with Crippen molar-refractivity contribution in [3.8, 4) is 0 Å². The molecule has 0 saturated carbocycles. The van der Waals surface area contributed by atoms with Gasteiger partial charge in [-0.25, -0.2) is 8.78 Å². The lowest BCUT2D eigenvalue weighted by molar-refractivity contribution is -0.135. The number of hydrogen-bond donors (Lipinski definition) is 3. The van der Waals surface area contributed by atoms with E-state index in [9.17, 15) is 18.7 Å². The van der Waals surface area contributed by atoms with E-state index in [0.29, 0.717) is 0 Å². The average Bonchev–Trinajstić information content (AvgIpc) is 2.36. The summed E-state index contributed by atoms with van der Waals surface area (Å²) in [5.41, 5.74) is -1.53. The van der Waals surface area contributed by atoms with Crippen LogP contribution in [0.2, 0.25) is 0 Å². The highest BCUT2D eigenvalue weighted by molar-refractivity contribution is 6.05. The molecule has 0 aliphatic carbocycles. The van der Waals surface area contributed by atoms with Gasteiger partial charge >= 0.3 is 0 Å². The molecule has 23 heavy (non-hydrogen) atoms. The molecule has 7 heteroatoms. The number of carbonyl (C=O) groups is 1. The number of nitrogens with one attached hydrogen (secondary N) is 2. The SMILES string of the molecule is CC(C)(C)/C(O)=C/C(=N)NC(=O)C(C)(C)N1CCC(F)(F)CC1. The first kappa shape index (κ1) is 19.5. The van der Waals surface area contributed by atoms with Crippen molar-refractivity contribution in [3.05, 3.63) is 11.8 Å². The van der Waals surface area contributed by atoms with Gasteiger partial charge in [-0.15, -0.1) is 0 Å². The Kier molecular flexibility index (Phi) is 5.57. The fourth-order valence-corrected chi connectivity index (χ4v) is 2.20. The smallest absolute Gasteiger partial charge is 0.250 e. The van der Waals surface area contributed by atoms with Crippen LogP contribution < -0.4 is 5.32 Å². The molecule has 0 radical (unpaired) electrons. The lowest BCUT2D eigenvalue weighted by atomic mass is 9.93. The topological polar surface area (TPSA) is 76.4 Å². The van der Waals surface area contributed by atoms with Crippen molar-refractivity contribution in [2.24, 2.45) is 5.41 Å². The van der Waals surface area contributed by atoms with Crippen LogP contribution in [0.4, 0.5) is 8.78 Å². The number of alkyl halides is 2. The van der Waals surface area contributed by atoms with Gasteiger partial charge in [-0.3, -0.25) is 15.1 Å². The maximum atomic E-state index is 13.2. The van der Waals surface area contributed by atoms with Crippen LogP contribution in [0.25, 0.3) is 0 Å². The lowest BCUT2D eigenvalue weighted by Crippen LogP contribution is -2.58. The van der Waals surface area contributed by atoms with Crippen molar-refractivity contribution in [2.45, 2.75) is 58.9 Å². The molecule has 3 N–H and O–H groups in total. The number of likely N-dealkylation sites (tertiary alicyclic amines) is 1. The normalized spacial score (nSPS) is 20.2. The minimum absolute atomic E-state index is 0.0155. The highest BCUT2D eigenvalue weighted by atomic mass is 19.3. The van der Waals surface area contributed by atoms with Crippen molar-refractivity contribution < 1.29 is 18.7 Å². The molecule has 1 aliphatic heterocycles. The number of aliphatic hydroxyl groups excluding tert-OH is 1. The van der Waals surface area contributed by atoms with Crippen molar-refractivity contribution in [3.63, 3.8) is 0 Å². The van der Waals surface area contributed by atoms with Crippen molar-refractivity contribution >= 4 is 11.7 Å². The van der Waals surface area contributed by atoms with E-state index >= 15 is 0 Å². The summed E-state index contributed by atoms with van der Waals surface area (Å²) in [7, 11) is 0. The third kappa shape index (κ3) is 5.27. The van der Waals surface area contributed by atoms with Crippen LogP contribution in [0.5, 0.6) is 0 Å². The summed E-state index contributed by atoms with van der Waals surface area (Å²) in [5.74, 6) is -3.36. The predicted octanol–water partition coefficient (Wildman–Crippen LogP) is 3.08. The molecule has 1 fully saturated rings. The van der Waals surface area contributed by atoms with Crippen LogP contribution in [0.1, 0.15) is 47.5 Å². The summed E-state index contributed by atoms with van der Waals surface area (Å²) < 4.78 is 26.5. The van der Waals surface area contributed by atoms with Gasteiger partial charge in [0.25, 0.3) is 5.92 Å². The van der Waals surface area contributed by atoms with E-state index < -0.39 is 22.8 Å². The molecule has 0 bridgehead atoms. The van der Waals surface area contributed by atoms with Crippen molar-refractivity contribution in [1.29, 1.82) is 5.41 Å². The van der Waals surface area contributed by atoms with Crippen LogP contribution >= 0.6 is 0 Å².